The van der Waals surface area contributed by atoms with Gasteiger partial charge in [-0.05, 0) is 6.07 Å². The molecule has 5 nitrogen and oxygen atoms in total. The van der Waals surface area contributed by atoms with E-state index in [4.69, 9.17) is 4.84 Å². The highest BCUT2D eigenvalue weighted by atomic mass is 19.5. The lowest BCUT2D eigenvalue weighted by Gasteiger charge is -2.06. The van der Waals surface area contributed by atoms with Crippen molar-refractivity contribution >= 4 is 20.5 Å². The Morgan fingerprint density at radius 3 is 1.68 bits per heavy atom. The zero-order chi connectivity index (χ0) is 20.4. The lowest BCUT2D eigenvalue weighted by molar-refractivity contribution is -0.875. The number of pyridine rings is 1. The quantitative estimate of drug-likeness (QED) is 0.264. The molecule has 0 saturated carbocycles. The smallest absolute Gasteiger partial charge is 0.457 e. The van der Waals surface area contributed by atoms with E-state index in [1.807, 2.05) is 37.7 Å². The van der Waals surface area contributed by atoms with Gasteiger partial charge in [0.25, 0.3) is 0 Å². The van der Waals surface area contributed by atoms with E-state index in [2.05, 4.69) is 0 Å². The monoisotopic (exact) mass is 385 g/mol. The minimum atomic E-state index is -6.00. The van der Waals surface area contributed by atoms with Crippen LogP contribution in [0.2, 0.25) is 0 Å². The van der Waals surface area contributed by atoms with Gasteiger partial charge in [0.05, 0.1) is 39.0 Å². The maximum atomic E-state index is 9.75. The fourth-order valence-corrected chi connectivity index (χ4v) is 1.15. The van der Waals surface area contributed by atoms with Crippen molar-refractivity contribution < 1.29 is 53.8 Å². The Bertz CT molecular complexity index is 524. The zero-order valence-electron chi connectivity index (χ0n) is 13.7. The van der Waals surface area contributed by atoms with E-state index < -0.39 is 14.5 Å². The Hall–Kier alpha value is -2.21. The van der Waals surface area contributed by atoms with Crippen LogP contribution in [-0.4, -0.2) is 63.3 Å². The highest BCUT2D eigenvalue weighted by Crippen LogP contribution is 2.07. The molecule has 0 amide bonds. The molecule has 1 aromatic heterocycles. The third kappa shape index (κ3) is 19.7. The summed E-state index contributed by atoms with van der Waals surface area (Å²) in [6, 6.07) is 5.70. The normalized spacial score (nSPS) is 10.6. The largest absolute Gasteiger partial charge is 0.673 e. The number of halogens is 8. The van der Waals surface area contributed by atoms with Crippen LogP contribution in [0.15, 0.2) is 24.4 Å². The second-order valence-corrected chi connectivity index (χ2v) is 4.54. The lowest BCUT2D eigenvalue weighted by Crippen LogP contribution is -2.52. The highest BCUT2D eigenvalue weighted by molar-refractivity contribution is 6.50. The minimum absolute atomic E-state index is 0.0544. The molecule has 1 aromatic rings. The molecule has 0 unspecified atom stereocenters. The molecule has 0 bridgehead atoms. The number of hydrogen-bond donors (Lipinski definition) is 1. The molecule has 0 aliphatic carbocycles. The van der Waals surface area contributed by atoms with Crippen molar-refractivity contribution in [2.24, 2.45) is 0 Å². The third-order valence-corrected chi connectivity index (χ3v) is 1.75. The number of rotatable bonds is 1. The molecule has 0 saturated heterocycles. The van der Waals surface area contributed by atoms with Crippen LogP contribution >= 0.6 is 0 Å². The summed E-state index contributed by atoms with van der Waals surface area (Å²) in [6.07, 6.45) is 1.64. The van der Waals surface area contributed by atoms with E-state index >= 15 is 0 Å². The summed E-state index contributed by atoms with van der Waals surface area (Å²) in [6.45, 7) is 0. The van der Waals surface area contributed by atoms with E-state index in [9.17, 15) is 39.6 Å². The van der Waals surface area contributed by atoms with Crippen LogP contribution in [0.25, 0.3) is 0 Å². The molecule has 0 atom stereocenters. The Kier molecular flexibility index (Phi) is 10.6. The van der Waals surface area contributed by atoms with Crippen LogP contribution in [0.1, 0.15) is 0 Å². The number of amidine groups is 1. The maximum absolute atomic E-state index is 9.75. The lowest BCUT2D eigenvalue weighted by atomic mass is 10.3. The molecule has 146 valence electrons. The van der Waals surface area contributed by atoms with E-state index in [-0.39, 0.29) is 5.88 Å². The Balaban J connectivity index is 0. The van der Waals surface area contributed by atoms with E-state index in [0.717, 1.165) is 0 Å². The molecule has 1 rings (SSSR count). The van der Waals surface area contributed by atoms with Crippen molar-refractivity contribution in [3.05, 3.63) is 24.4 Å². The fourth-order valence-electron chi connectivity index (χ4n) is 1.15. The summed E-state index contributed by atoms with van der Waals surface area (Å²) in [5.41, 5.74) is 0. The summed E-state index contributed by atoms with van der Waals surface area (Å²) >= 11 is 0. The van der Waals surface area contributed by atoms with Gasteiger partial charge in [0.15, 0.2) is 0 Å². The molecule has 1 N–H and O–H groups in total. The third-order valence-electron chi connectivity index (χ3n) is 1.75. The van der Waals surface area contributed by atoms with Gasteiger partial charge in [-0.25, -0.2) is 9.48 Å². The van der Waals surface area contributed by atoms with Crippen LogP contribution in [0.4, 0.5) is 34.5 Å². The van der Waals surface area contributed by atoms with Crippen LogP contribution in [-0.2, 0) is 0 Å². The summed E-state index contributed by atoms with van der Waals surface area (Å²) in [5.74, 6) is 0.0544. The van der Waals surface area contributed by atoms with Crippen LogP contribution in [0.5, 0.6) is 5.88 Å². The SMILES string of the molecule is CN(C)C(O[n+]1ccccc1O)=[N+](C)C.F[B-](F)(F)F.F[B-](F)(F)F. The molecule has 25 heavy (non-hydrogen) atoms. The van der Waals surface area contributed by atoms with Gasteiger partial charge >= 0.3 is 26.4 Å². The van der Waals surface area contributed by atoms with Gasteiger partial charge in [0.1, 0.15) is 0 Å². The van der Waals surface area contributed by atoms with Crippen molar-refractivity contribution in [1.29, 1.82) is 0 Å². The number of aromatic hydroxyl groups is 1. The second kappa shape index (κ2) is 10.6. The first-order chi connectivity index (χ1) is 11.0. The molecule has 0 aromatic carbocycles. The standard InChI is InChI=1S/C10H16N3O2.2BF4/c1-11(2)10(12(3)4)15-13-8-6-5-7-9(13)14;2*2-1(3,4)5/h5-8H,1-4H3;;/q+1;2*-1/p+1. The number of aromatic nitrogens is 1. The molecular weight excluding hydrogens is 368 g/mol. The van der Waals surface area contributed by atoms with E-state index in [1.54, 1.807) is 24.4 Å². The molecule has 0 spiro atoms. The highest BCUT2D eigenvalue weighted by Gasteiger charge is 2.23. The summed E-state index contributed by atoms with van der Waals surface area (Å²) in [5, 5.41) is 9.51. The number of nitrogens with zero attached hydrogens (tertiary/aromatic N) is 3. The number of hydrogen-bond acceptors (Lipinski definition) is 2. The first-order valence-electron chi connectivity index (χ1n) is 6.36. The first kappa shape index (κ1) is 25.0. The predicted molar refractivity (Wildman–Crippen MR) is 76.1 cm³/mol. The second-order valence-electron chi connectivity index (χ2n) is 4.54. The van der Waals surface area contributed by atoms with Gasteiger partial charge in [-0.2, -0.15) is 0 Å². The maximum Gasteiger partial charge on any atom is 0.673 e. The van der Waals surface area contributed by atoms with Crippen LogP contribution in [0.3, 0.4) is 0 Å². The predicted octanol–water partition coefficient (Wildman–Crippen LogP) is 1.90. The molecule has 1 heterocycles. The van der Waals surface area contributed by atoms with Gasteiger partial charge in [-0.1, -0.05) is 0 Å². The van der Waals surface area contributed by atoms with Crippen molar-refractivity contribution in [2.45, 2.75) is 0 Å². The van der Waals surface area contributed by atoms with Gasteiger partial charge < -0.3 is 39.6 Å². The van der Waals surface area contributed by atoms with Gasteiger partial charge in [-0.15, -0.1) is 4.84 Å². The molecule has 0 aliphatic rings. The average molecular weight is 385 g/mol. The summed E-state index contributed by atoms with van der Waals surface area (Å²) in [7, 11) is -4.52. The van der Waals surface area contributed by atoms with Gasteiger partial charge in [-0.3, -0.25) is 0 Å². The fraction of sp³-hybridized carbons (Fsp3) is 0.400. The summed E-state index contributed by atoms with van der Waals surface area (Å²) < 4.78 is 81.1. The van der Waals surface area contributed by atoms with Crippen molar-refractivity contribution in [3.8, 4) is 5.88 Å². The Morgan fingerprint density at radius 1 is 1.00 bits per heavy atom. The Labute approximate surface area is 138 Å². The molecular formula is C10H17B2F8N3O2. The molecule has 0 radical (unpaired) electrons. The minimum Gasteiger partial charge on any atom is -0.457 e. The Morgan fingerprint density at radius 2 is 1.40 bits per heavy atom. The zero-order valence-corrected chi connectivity index (χ0v) is 13.7. The van der Waals surface area contributed by atoms with Crippen LogP contribution < -0.4 is 9.57 Å². The topological polar surface area (TPSA) is 39.6 Å². The van der Waals surface area contributed by atoms with E-state index in [0.29, 0.717) is 6.02 Å². The van der Waals surface area contributed by atoms with Crippen LogP contribution in [0, 0.1) is 0 Å². The van der Waals surface area contributed by atoms with Crippen molar-refractivity contribution in [3.63, 3.8) is 0 Å². The van der Waals surface area contributed by atoms with Crippen molar-refractivity contribution in [2.75, 3.05) is 28.2 Å². The molecule has 0 fully saturated rings. The van der Waals surface area contributed by atoms with Gasteiger partial charge in [0, 0.05) is 6.07 Å². The van der Waals surface area contributed by atoms with Crippen molar-refractivity contribution in [1.82, 2.24) is 4.90 Å². The molecule has 0 aliphatic heterocycles. The summed E-state index contributed by atoms with van der Waals surface area (Å²) in [4.78, 5) is 7.32. The first-order valence-corrected chi connectivity index (χ1v) is 6.36. The molecule has 15 heteroatoms. The van der Waals surface area contributed by atoms with E-state index in [1.165, 1.54) is 4.73 Å². The van der Waals surface area contributed by atoms with Gasteiger partial charge in [0.2, 0.25) is 6.20 Å². The average Bonchev–Trinajstić information content (AvgIpc) is 2.32.